The van der Waals surface area contributed by atoms with Crippen LogP contribution in [0.15, 0.2) is 35.5 Å². The van der Waals surface area contributed by atoms with Gasteiger partial charge in [-0.05, 0) is 25.0 Å². The van der Waals surface area contributed by atoms with E-state index in [0.29, 0.717) is 23.4 Å². The number of aromatic nitrogens is 1. The molecule has 4 heteroatoms. The summed E-state index contributed by atoms with van der Waals surface area (Å²) in [5.74, 6) is 0.0742. The van der Waals surface area contributed by atoms with Crippen LogP contribution in [0.4, 0.5) is 0 Å². The van der Waals surface area contributed by atoms with E-state index in [1.54, 1.807) is 19.3 Å². The molecule has 20 heavy (non-hydrogen) atoms. The number of nitrogens with zero attached hydrogens (tertiary/aromatic N) is 2. The van der Waals surface area contributed by atoms with Gasteiger partial charge in [-0.25, -0.2) is 0 Å². The van der Waals surface area contributed by atoms with Gasteiger partial charge in [0.2, 0.25) is 0 Å². The van der Waals surface area contributed by atoms with E-state index in [2.05, 4.69) is 9.98 Å². The SMILES string of the molecule is Cc1ccccc1CN=Cc1c(CO)cnc(C)c1O. The number of rotatable bonds is 4. The number of aliphatic hydroxyl groups excluding tert-OH is 1. The summed E-state index contributed by atoms with van der Waals surface area (Å²) in [7, 11) is 0. The molecule has 0 aliphatic rings. The number of aromatic hydroxyl groups is 1. The minimum atomic E-state index is -0.174. The minimum Gasteiger partial charge on any atom is -0.505 e. The number of aliphatic imine (C=N–C) groups is 1. The molecule has 2 aromatic rings. The highest BCUT2D eigenvalue weighted by Gasteiger charge is 2.09. The molecule has 104 valence electrons. The summed E-state index contributed by atoms with van der Waals surface area (Å²) in [6.07, 6.45) is 3.16. The van der Waals surface area contributed by atoms with Gasteiger partial charge in [-0.1, -0.05) is 24.3 Å². The molecule has 0 saturated heterocycles. The van der Waals surface area contributed by atoms with Crippen molar-refractivity contribution in [2.24, 2.45) is 4.99 Å². The van der Waals surface area contributed by atoms with Crippen LogP contribution >= 0.6 is 0 Å². The van der Waals surface area contributed by atoms with E-state index in [1.165, 1.54) is 5.56 Å². The van der Waals surface area contributed by atoms with Gasteiger partial charge in [0.05, 0.1) is 18.8 Å². The summed E-state index contributed by atoms with van der Waals surface area (Å²) >= 11 is 0. The Labute approximate surface area is 118 Å². The smallest absolute Gasteiger partial charge is 0.145 e. The van der Waals surface area contributed by atoms with E-state index in [-0.39, 0.29) is 12.4 Å². The fourth-order valence-corrected chi connectivity index (χ4v) is 1.95. The zero-order valence-electron chi connectivity index (χ0n) is 11.7. The van der Waals surface area contributed by atoms with E-state index in [1.807, 2.05) is 31.2 Å². The van der Waals surface area contributed by atoms with Gasteiger partial charge >= 0.3 is 0 Å². The lowest BCUT2D eigenvalue weighted by atomic mass is 10.1. The van der Waals surface area contributed by atoms with Crippen LogP contribution < -0.4 is 0 Å². The number of hydrogen-bond acceptors (Lipinski definition) is 4. The molecule has 1 aromatic carbocycles. The van der Waals surface area contributed by atoms with Crippen molar-refractivity contribution >= 4 is 6.21 Å². The lowest BCUT2D eigenvalue weighted by Crippen LogP contribution is -1.98. The second kappa shape index (κ2) is 6.30. The van der Waals surface area contributed by atoms with E-state index < -0.39 is 0 Å². The molecular weight excluding hydrogens is 252 g/mol. The number of benzene rings is 1. The van der Waals surface area contributed by atoms with E-state index in [4.69, 9.17) is 0 Å². The fourth-order valence-electron chi connectivity index (χ4n) is 1.95. The summed E-state index contributed by atoms with van der Waals surface area (Å²) in [5, 5.41) is 19.3. The molecule has 0 amide bonds. The zero-order valence-corrected chi connectivity index (χ0v) is 11.7. The van der Waals surface area contributed by atoms with Crippen molar-refractivity contribution in [3.8, 4) is 5.75 Å². The molecule has 0 aliphatic carbocycles. The lowest BCUT2D eigenvalue weighted by Gasteiger charge is -2.07. The van der Waals surface area contributed by atoms with Gasteiger partial charge in [-0.2, -0.15) is 0 Å². The molecule has 0 unspecified atom stereocenters. The van der Waals surface area contributed by atoms with Crippen molar-refractivity contribution in [2.75, 3.05) is 0 Å². The number of aryl methyl sites for hydroxylation is 2. The largest absolute Gasteiger partial charge is 0.505 e. The third-order valence-corrected chi connectivity index (χ3v) is 3.27. The molecule has 0 fully saturated rings. The molecule has 4 nitrogen and oxygen atoms in total. The van der Waals surface area contributed by atoms with Crippen molar-refractivity contribution in [1.29, 1.82) is 0 Å². The van der Waals surface area contributed by atoms with Gasteiger partial charge in [0, 0.05) is 23.5 Å². The van der Waals surface area contributed by atoms with Gasteiger partial charge in [-0.3, -0.25) is 9.98 Å². The molecule has 2 rings (SSSR count). The van der Waals surface area contributed by atoms with Crippen molar-refractivity contribution in [2.45, 2.75) is 27.0 Å². The standard InChI is InChI=1S/C16H18N2O2/c1-11-5-3-4-6-13(11)7-17-9-15-14(10-19)8-18-12(2)16(15)20/h3-6,8-9,19-20H,7,10H2,1-2H3. The average Bonchev–Trinajstić information content (AvgIpc) is 2.45. The molecule has 0 atom stereocenters. The van der Waals surface area contributed by atoms with Gasteiger partial charge in [0.25, 0.3) is 0 Å². The quantitative estimate of drug-likeness (QED) is 0.839. The highest BCUT2D eigenvalue weighted by atomic mass is 16.3. The first-order valence-corrected chi connectivity index (χ1v) is 6.46. The Balaban J connectivity index is 2.24. The minimum absolute atomic E-state index is 0.0742. The molecule has 1 aromatic heterocycles. The maximum absolute atomic E-state index is 10.00. The van der Waals surface area contributed by atoms with Crippen molar-refractivity contribution in [1.82, 2.24) is 4.98 Å². The number of pyridine rings is 1. The zero-order chi connectivity index (χ0) is 14.5. The van der Waals surface area contributed by atoms with Crippen molar-refractivity contribution in [3.05, 3.63) is 58.4 Å². The van der Waals surface area contributed by atoms with Crippen LogP contribution in [0.1, 0.15) is 27.9 Å². The molecule has 0 aliphatic heterocycles. The Hall–Kier alpha value is -2.20. The summed E-state index contributed by atoms with van der Waals surface area (Å²) in [6.45, 7) is 4.12. The molecule has 0 bridgehead atoms. The first-order chi connectivity index (χ1) is 9.63. The second-order valence-corrected chi connectivity index (χ2v) is 4.69. The predicted octanol–water partition coefficient (Wildman–Crippen LogP) is 2.52. The normalized spacial score (nSPS) is 11.2. The van der Waals surface area contributed by atoms with Crippen LogP contribution in [0.3, 0.4) is 0 Å². The number of hydrogen-bond donors (Lipinski definition) is 2. The summed E-state index contributed by atoms with van der Waals surface area (Å²) in [4.78, 5) is 8.38. The second-order valence-electron chi connectivity index (χ2n) is 4.69. The highest BCUT2D eigenvalue weighted by molar-refractivity contribution is 5.85. The van der Waals surface area contributed by atoms with E-state index in [9.17, 15) is 10.2 Å². The van der Waals surface area contributed by atoms with Crippen LogP contribution in [-0.2, 0) is 13.2 Å². The molecule has 0 spiro atoms. The third-order valence-electron chi connectivity index (χ3n) is 3.27. The maximum Gasteiger partial charge on any atom is 0.145 e. The Morgan fingerprint density at radius 2 is 1.95 bits per heavy atom. The molecule has 1 heterocycles. The molecule has 0 saturated carbocycles. The molecular formula is C16H18N2O2. The van der Waals surface area contributed by atoms with Crippen LogP contribution in [0.25, 0.3) is 0 Å². The summed E-state index contributed by atoms with van der Waals surface area (Å²) < 4.78 is 0. The van der Waals surface area contributed by atoms with Crippen LogP contribution in [-0.4, -0.2) is 21.4 Å². The molecule has 0 radical (unpaired) electrons. The number of aliphatic hydroxyl groups is 1. The first kappa shape index (κ1) is 14.2. The van der Waals surface area contributed by atoms with Gasteiger partial charge in [-0.15, -0.1) is 0 Å². The lowest BCUT2D eigenvalue weighted by molar-refractivity contribution is 0.280. The average molecular weight is 270 g/mol. The van der Waals surface area contributed by atoms with Gasteiger partial charge in [0.15, 0.2) is 0 Å². The Kier molecular flexibility index (Phi) is 4.48. The Bertz CT molecular complexity index is 636. The molecule has 2 N–H and O–H groups in total. The summed E-state index contributed by atoms with van der Waals surface area (Å²) in [6, 6.07) is 8.03. The Morgan fingerprint density at radius 3 is 2.65 bits per heavy atom. The van der Waals surface area contributed by atoms with Crippen LogP contribution in [0.5, 0.6) is 5.75 Å². The van der Waals surface area contributed by atoms with Crippen LogP contribution in [0, 0.1) is 13.8 Å². The summed E-state index contributed by atoms with van der Waals surface area (Å²) in [5.41, 5.74) is 3.96. The third kappa shape index (κ3) is 3.03. The van der Waals surface area contributed by atoms with E-state index in [0.717, 1.165) is 5.56 Å². The predicted molar refractivity (Wildman–Crippen MR) is 79.0 cm³/mol. The first-order valence-electron chi connectivity index (χ1n) is 6.46. The van der Waals surface area contributed by atoms with Gasteiger partial charge in [0.1, 0.15) is 5.75 Å². The van der Waals surface area contributed by atoms with Crippen LogP contribution in [0.2, 0.25) is 0 Å². The fraction of sp³-hybridized carbons (Fsp3) is 0.250. The Morgan fingerprint density at radius 1 is 1.20 bits per heavy atom. The van der Waals surface area contributed by atoms with Crippen molar-refractivity contribution in [3.63, 3.8) is 0 Å². The van der Waals surface area contributed by atoms with Gasteiger partial charge < -0.3 is 10.2 Å². The van der Waals surface area contributed by atoms with E-state index >= 15 is 0 Å². The monoisotopic (exact) mass is 270 g/mol. The topological polar surface area (TPSA) is 65.7 Å². The van der Waals surface area contributed by atoms with Crippen molar-refractivity contribution < 1.29 is 10.2 Å². The maximum atomic E-state index is 10.00. The highest BCUT2D eigenvalue weighted by Crippen LogP contribution is 2.22.